The summed E-state index contributed by atoms with van der Waals surface area (Å²) in [5, 5.41) is 5.11. The average Bonchev–Trinajstić information content (AvgIpc) is 2.33. The molecule has 1 N–H and O–H groups in total. The Kier molecular flexibility index (Phi) is 5.01. The quantitative estimate of drug-likeness (QED) is 0.880. The SMILES string of the molecule is CC1CNC(C(C)(C)C)CN1Cc1ccc(Cl)cc1Cl. The highest BCUT2D eigenvalue weighted by Crippen LogP contribution is 2.27. The van der Waals surface area contributed by atoms with E-state index in [2.05, 4.69) is 37.9 Å². The minimum absolute atomic E-state index is 0.266. The average molecular weight is 315 g/mol. The Morgan fingerprint density at radius 1 is 1.30 bits per heavy atom. The lowest BCUT2D eigenvalue weighted by atomic mass is 9.84. The van der Waals surface area contributed by atoms with Crippen molar-refractivity contribution in [2.24, 2.45) is 5.41 Å². The first kappa shape index (κ1) is 16.1. The van der Waals surface area contributed by atoms with Gasteiger partial charge in [-0.3, -0.25) is 4.90 Å². The number of hydrogen-bond donors (Lipinski definition) is 1. The number of hydrogen-bond acceptors (Lipinski definition) is 2. The molecule has 0 aliphatic carbocycles. The van der Waals surface area contributed by atoms with Gasteiger partial charge in [0.25, 0.3) is 0 Å². The molecule has 2 rings (SSSR count). The lowest BCUT2D eigenvalue weighted by Gasteiger charge is -2.44. The van der Waals surface area contributed by atoms with Crippen LogP contribution < -0.4 is 5.32 Å². The largest absolute Gasteiger partial charge is 0.311 e. The summed E-state index contributed by atoms with van der Waals surface area (Å²) < 4.78 is 0. The Bertz CT molecular complexity index is 468. The molecule has 4 heteroatoms. The molecule has 1 aromatic carbocycles. The topological polar surface area (TPSA) is 15.3 Å². The molecule has 2 atom stereocenters. The summed E-state index contributed by atoms with van der Waals surface area (Å²) in [4.78, 5) is 2.50. The maximum atomic E-state index is 6.30. The van der Waals surface area contributed by atoms with Crippen molar-refractivity contribution < 1.29 is 0 Å². The van der Waals surface area contributed by atoms with E-state index in [-0.39, 0.29) is 5.41 Å². The molecule has 0 saturated carbocycles. The minimum atomic E-state index is 0.266. The molecule has 2 unspecified atom stereocenters. The third kappa shape index (κ3) is 3.88. The number of piperazine rings is 1. The van der Waals surface area contributed by atoms with Gasteiger partial charge in [-0.2, -0.15) is 0 Å². The van der Waals surface area contributed by atoms with Crippen molar-refractivity contribution in [1.82, 2.24) is 10.2 Å². The van der Waals surface area contributed by atoms with Gasteiger partial charge in [0, 0.05) is 41.8 Å². The predicted molar refractivity (Wildman–Crippen MR) is 87.6 cm³/mol. The highest BCUT2D eigenvalue weighted by molar-refractivity contribution is 6.35. The van der Waals surface area contributed by atoms with Crippen molar-refractivity contribution in [1.29, 1.82) is 0 Å². The van der Waals surface area contributed by atoms with E-state index in [1.807, 2.05) is 18.2 Å². The van der Waals surface area contributed by atoms with Crippen LogP contribution in [0.15, 0.2) is 18.2 Å². The first-order valence-corrected chi connectivity index (χ1v) is 7.94. The Hall–Kier alpha value is -0.280. The molecule has 112 valence electrons. The van der Waals surface area contributed by atoms with Crippen LogP contribution >= 0.6 is 23.2 Å². The van der Waals surface area contributed by atoms with Crippen LogP contribution in [0.2, 0.25) is 10.0 Å². The molecular formula is C16H24Cl2N2. The zero-order valence-electron chi connectivity index (χ0n) is 12.7. The molecule has 1 aliphatic rings. The number of halogens is 2. The highest BCUT2D eigenvalue weighted by Gasteiger charge is 2.32. The molecule has 0 radical (unpaired) electrons. The summed E-state index contributed by atoms with van der Waals surface area (Å²) in [5.41, 5.74) is 1.42. The third-order valence-electron chi connectivity index (χ3n) is 4.13. The molecule has 1 aliphatic heterocycles. The summed E-state index contributed by atoms with van der Waals surface area (Å²) in [6.07, 6.45) is 0. The molecular weight excluding hydrogens is 291 g/mol. The van der Waals surface area contributed by atoms with Crippen LogP contribution in [0.4, 0.5) is 0 Å². The maximum Gasteiger partial charge on any atom is 0.0465 e. The first-order valence-electron chi connectivity index (χ1n) is 7.18. The van der Waals surface area contributed by atoms with Crippen molar-refractivity contribution >= 4 is 23.2 Å². The van der Waals surface area contributed by atoms with Gasteiger partial charge in [-0.25, -0.2) is 0 Å². The molecule has 0 aromatic heterocycles. The number of rotatable bonds is 2. The van der Waals surface area contributed by atoms with E-state index in [1.54, 1.807) is 0 Å². The minimum Gasteiger partial charge on any atom is -0.311 e. The molecule has 0 amide bonds. The van der Waals surface area contributed by atoms with E-state index in [0.717, 1.165) is 30.2 Å². The summed E-state index contributed by atoms with van der Waals surface area (Å²) in [5.74, 6) is 0. The Morgan fingerprint density at radius 3 is 2.60 bits per heavy atom. The van der Waals surface area contributed by atoms with Crippen molar-refractivity contribution in [3.63, 3.8) is 0 Å². The van der Waals surface area contributed by atoms with E-state index in [4.69, 9.17) is 23.2 Å². The van der Waals surface area contributed by atoms with Crippen molar-refractivity contribution in [2.75, 3.05) is 13.1 Å². The smallest absolute Gasteiger partial charge is 0.0465 e. The van der Waals surface area contributed by atoms with Gasteiger partial charge in [0.15, 0.2) is 0 Å². The van der Waals surface area contributed by atoms with Gasteiger partial charge in [0.1, 0.15) is 0 Å². The van der Waals surface area contributed by atoms with E-state index >= 15 is 0 Å². The summed E-state index contributed by atoms with van der Waals surface area (Å²) in [6.45, 7) is 12.1. The first-order chi connectivity index (χ1) is 9.27. The van der Waals surface area contributed by atoms with Gasteiger partial charge in [-0.05, 0) is 30.0 Å². The van der Waals surface area contributed by atoms with E-state index in [0.29, 0.717) is 17.1 Å². The van der Waals surface area contributed by atoms with E-state index < -0.39 is 0 Å². The van der Waals surface area contributed by atoms with Crippen LogP contribution in [0.3, 0.4) is 0 Å². The van der Waals surface area contributed by atoms with Crippen molar-refractivity contribution in [2.45, 2.75) is 46.3 Å². The molecule has 2 nitrogen and oxygen atoms in total. The van der Waals surface area contributed by atoms with Crippen LogP contribution in [0.1, 0.15) is 33.3 Å². The van der Waals surface area contributed by atoms with Crippen molar-refractivity contribution in [3.8, 4) is 0 Å². The van der Waals surface area contributed by atoms with Crippen LogP contribution in [0.5, 0.6) is 0 Å². The summed E-state index contributed by atoms with van der Waals surface area (Å²) >= 11 is 12.3. The molecule has 1 aromatic rings. The second kappa shape index (κ2) is 6.23. The molecule has 1 saturated heterocycles. The number of nitrogens with zero attached hydrogens (tertiary/aromatic N) is 1. The van der Waals surface area contributed by atoms with Crippen LogP contribution in [-0.2, 0) is 6.54 Å². The fourth-order valence-electron chi connectivity index (χ4n) is 2.59. The van der Waals surface area contributed by atoms with Crippen LogP contribution in [-0.4, -0.2) is 30.1 Å². The van der Waals surface area contributed by atoms with Crippen LogP contribution in [0.25, 0.3) is 0 Å². The second-order valence-electron chi connectivity index (χ2n) is 6.84. The number of benzene rings is 1. The highest BCUT2D eigenvalue weighted by atomic mass is 35.5. The fraction of sp³-hybridized carbons (Fsp3) is 0.625. The van der Waals surface area contributed by atoms with Gasteiger partial charge in [0.05, 0.1) is 0 Å². The third-order valence-corrected chi connectivity index (χ3v) is 4.72. The Balaban J connectivity index is 2.10. The molecule has 1 fully saturated rings. The molecule has 1 heterocycles. The zero-order chi connectivity index (χ0) is 14.9. The normalized spacial score (nSPS) is 24.9. The molecule has 0 spiro atoms. The standard InChI is InChI=1S/C16H24Cl2N2/c1-11-8-19-15(16(2,3)4)10-20(11)9-12-5-6-13(17)7-14(12)18/h5-7,11,15,19H,8-10H2,1-4H3. The van der Waals surface area contributed by atoms with E-state index in [9.17, 15) is 0 Å². The number of nitrogens with one attached hydrogen (secondary N) is 1. The predicted octanol–water partition coefficient (Wildman–Crippen LogP) is 4.20. The van der Waals surface area contributed by atoms with Gasteiger partial charge >= 0.3 is 0 Å². The van der Waals surface area contributed by atoms with Gasteiger partial charge in [-0.15, -0.1) is 0 Å². The summed E-state index contributed by atoms with van der Waals surface area (Å²) in [6, 6.07) is 6.79. The van der Waals surface area contributed by atoms with Crippen molar-refractivity contribution in [3.05, 3.63) is 33.8 Å². The van der Waals surface area contributed by atoms with Gasteiger partial charge in [-0.1, -0.05) is 50.0 Å². The lowest BCUT2D eigenvalue weighted by Crippen LogP contribution is -2.59. The fourth-order valence-corrected chi connectivity index (χ4v) is 3.06. The zero-order valence-corrected chi connectivity index (χ0v) is 14.2. The van der Waals surface area contributed by atoms with Gasteiger partial charge in [0.2, 0.25) is 0 Å². The molecule has 0 bridgehead atoms. The van der Waals surface area contributed by atoms with Gasteiger partial charge < -0.3 is 5.32 Å². The lowest BCUT2D eigenvalue weighted by molar-refractivity contribution is 0.0877. The molecule has 20 heavy (non-hydrogen) atoms. The Labute approximate surface area is 132 Å². The monoisotopic (exact) mass is 314 g/mol. The van der Waals surface area contributed by atoms with Crippen LogP contribution in [0, 0.1) is 5.41 Å². The summed E-state index contributed by atoms with van der Waals surface area (Å²) in [7, 11) is 0. The maximum absolute atomic E-state index is 6.30. The second-order valence-corrected chi connectivity index (χ2v) is 7.68. The van der Waals surface area contributed by atoms with E-state index in [1.165, 1.54) is 0 Å². The Morgan fingerprint density at radius 2 is 2.00 bits per heavy atom.